The predicted molar refractivity (Wildman–Crippen MR) is 79.3 cm³/mol. The molecule has 1 aliphatic rings. The van der Waals surface area contributed by atoms with Crippen LogP contribution in [0.2, 0.25) is 0 Å². The molecule has 0 unspecified atom stereocenters. The molecule has 1 heterocycles. The van der Waals surface area contributed by atoms with Crippen molar-refractivity contribution in [3.8, 4) is 0 Å². The average molecular weight is 293 g/mol. The number of nitrogens with zero attached hydrogens (tertiary/aromatic N) is 2. The van der Waals surface area contributed by atoms with E-state index in [0.29, 0.717) is 18.3 Å². The van der Waals surface area contributed by atoms with Gasteiger partial charge in [0.2, 0.25) is 0 Å². The summed E-state index contributed by atoms with van der Waals surface area (Å²) in [6.45, 7) is 1.19. The zero-order valence-corrected chi connectivity index (χ0v) is 12.4. The second-order valence-corrected chi connectivity index (χ2v) is 5.59. The lowest BCUT2D eigenvalue weighted by molar-refractivity contribution is -0.137. The van der Waals surface area contributed by atoms with Gasteiger partial charge in [-0.2, -0.15) is 0 Å². The van der Waals surface area contributed by atoms with E-state index in [1.54, 1.807) is 18.3 Å². The first-order valence-electron chi connectivity index (χ1n) is 7.43. The van der Waals surface area contributed by atoms with Crippen LogP contribution >= 0.6 is 0 Å². The summed E-state index contributed by atoms with van der Waals surface area (Å²) in [5, 5.41) is 11.7. The number of aliphatic carboxylic acids is 1. The monoisotopic (exact) mass is 293 g/mol. The molecule has 0 aliphatic heterocycles. The zero-order valence-electron chi connectivity index (χ0n) is 12.4. The third-order valence-corrected chi connectivity index (χ3v) is 4.07. The highest BCUT2D eigenvalue weighted by molar-refractivity contribution is 5.93. The molecule has 116 valence electrons. The lowest BCUT2D eigenvalue weighted by atomic mass is 10.2. The standard InChI is InChI=1S/C15H23N3O3/c1-17(12-5-2-3-6-12)10-8-16-15(21)13-7-4-9-18(13)11-14(19)20/h4,7,9,12H,2-3,5-6,8,10-11H2,1H3,(H,16,21)(H,19,20). The highest BCUT2D eigenvalue weighted by Gasteiger charge is 2.19. The molecule has 0 radical (unpaired) electrons. The predicted octanol–water partition coefficient (Wildman–Crippen LogP) is 1.18. The fourth-order valence-electron chi connectivity index (χ4n) is 2.87. The van der Waals surface area contributed by atoms with Crippen LogP contribution in [0.5, 0.6) is 0 Å². The SMILES string of the molecule is CN(CCNC(=O)c1cccn1CC(=O)O)C1CCCC1. The summed E-state index contributed by atoms with van der Waals surface area (Å²) >= 11 is 0. The summed E-state index contributed by atoms with van der Waals surface area (Å²) in [4.78, 5) is 25.1. The zero-order chi connectivity index (χ0) is 15.2. The van der Waals surface area contributed by atoms with Crippen LogP contribution < -0.4 is 5.32 Å². The quantitative estimate of drug-likeness (QED) is 0.791. The van der Waals surface area contributed by atoms with Gasteiger partial charge in [-0.1, -0.05) is 12.8 Å². The Morgan fingerprint density at radius 3 is 2.81 bits per heavy atom. The molecule has 1 aliphatic carbocycles. The van der Waals surface area contributed by atoms with Gasteiger partial charge in [0.15, 0.2) is 0 Å². The highest BCUT2D eigenvalue weighted by Crippen LogP contribution is 2.21. The Bertz CT molecular complexity index is 492. The molecule has 21 heavy (non-hydrogen) atoms. The third kappa shape index (κ3) is 4.32. The number of carbonyl (C=O) groups is 2. The summed E-state index contributed by atoms with van der Waals surface area (Å²) in [6.07, 6.45) is 6.68. The number of aromatic nitrogens is 1. The molecule has 6 nitrogen and oxygen atoms in total. The first kappa shape index (κ1) is 15.6. The molecule has 0 aromatic carbocycles. The summed E-state index contributed by atoms with van der Waals surface area (Å²) in [7, 11) is 2.09. The number of likely N-dealkylation sites (N-methyl/N-ethyl adjacent to an activating group) is 1. The van der Waals surface area contributed by atoms with Crippen LogP contribution in [0.25, 0.3) is 0 Å². The van der Waals surface area contributed by atoms with E-state index in [4.69, 9.17) is 5.11 Å². The van der Waals surface area contributed by atoms with Crippen molar-refractivity contribution in [3.63, 3.8) is 0 Å². The molecule has 2 N–H and O–H groups in total. The van der Waals surface area contributed by atoms with E-state index >= 15 is 0 Å². The van der Waals surface area contributed by atoms with Crippen LogP contribution in [0.1, 0.15) is 36.2 Å². The highest BCUT2D eigenvalue weighted by atomic mass is 16.4. The van der Waals surface area contributed by atoms with Gasteiger partial charge in [-0.3, -0.25) is 9.59 Å². The van der Waals surface area contributed by atoms with Crippen molar-refractivity contribution in [1.82, 2.24) is 14.8 Å². The number of hydrogen-bond donors (Lipinski definition) is 2. The minimum atomic E-state index is -0.957. The van der Waals surface area contributed by atoms with Crippen molar-refractivity contribution in [2.75, 3.05) is 20.1 Å². The van der Waals surface area contributed by atoms with Gasteiger partial charge in [-0.05, 0) is 32.0 Å². The van der Waals surface area contributed by atoms with E-state index in [-0.39, 0.29) is 12.5 Å². The van der Waals surface area contributed by atoms with Gasteiger partial charge < -0.3 is 19.9 Å². The van der Waals surface area contributed by atoms with Crippen molar-refractivity contribution in [2.45, 2.75) is 38.3 Å². The van der Waals surface area contributed by atoms with Gasteiger partial charge in [-0.15, -0.1) is 0 Å². The van der Waals surface area contributed by atoms with E-state index in [0.717, 1.165) is 6.54 Å². The minimum absolute atomic E-state index is 0.197. The molecule has 6 heteroatoms. The van der Waals surface area contributed by atoms with Gasteiger partial charge in [0.1, 0.15) is 12.2 Å². The van der Waals surface area contributed by atoms with Crippen molar-refractivity contribution < 1.29 is 14.7 Å². The van der Waals surface area contributed by atoms with E-state index < -0.39 is 5.97 Å². The van der Waals surface area contributed by atoms with Crippen molar-refractivity contribution in [1.29, 1.82) is 0 Å². The van der Waals surface area contributed by atoms with Crippen LogP contribution in [0, 0.1) is 0 Å². The molecule has 2 rings (SSSR count). The molecule has 0 bridgehead atoms. The van der Waals surface area contributed by atoms with Crippen LogP contribution in [0.15, 0.2) is 18.3 Å². The summed E-state index contributed by atoms with van der Waals surface area (Å²) in [6, 6.07) is 3.96. The molecule has 0 spiro atoms. The van der Waals surface area contributed by atoms with Crippen LogP contribution in [-0.4, -0.2) is 52.6 Å². The number of carboxylic acid groups (broad SMARTS) is 1. The fourth-order valence-corrected chi connectivity index (χ4v) is 2.87. The molecular formula is C15H23N3O3. The molecule has 1 saturated carbocycles. The number of amides is 1. The van der Waals surface area contributed by atoms with E-state index in [2.05, 4.69) is 17.3 Å². The first-order valence-corrected chi connectivity index (χ1v) is 7.43. The maximum Gasteiger partial charge on any atom is 0.323 e. The first-order chi connectivity index (χ1) is 10.1. The van der Waals surface area contributed by atoms with Gasteiger partial charge in [0.25, 0.3) is 5.91 Å². The summed E-state index contributed by atoms with van der Waals surface area (Å²) < 4.78 is 1.44. The van der Waals surface area contributed by atoms with Crippen LogP contribution in [-0.2, 0) is 11.3 Å². The van der Waals surface area contributed by atoms with Gasteiger partial charge in [-0.25, -0.2) is 0 Å². The molecule has 0 atom stereocenters. The van der Waals surface area contributed by atoms with Crippen LogP contribution in [0.3, 0.4) is 0 Å². The largest absolute Gasteiger partial charge is 0.480 e. The van der Waals surface area contributed by atoms with Gasteiger partial charge in [0, 0.05) is 25.3 Å². The molecule has 1 aromatic rings. The van der Waals surface area contributed by atoms with Crippen molar-refractivity contribution in [2.24, 2.45) is 0 Å². The second kappa shape index (κ2) is 7.26. The lowest BCUT2D eigenvalue weighted by Gasteiger charge is -2.23. The summed E-state index contributed by atoms with van der Waals surface area (Å²) in [5.74, 6) is -1.18. The number of carbonyl (C=O) groups excluding carboxylic acids is 1. The Morgan fingerprint density at radius 1 is 1.43 bits per heavy atom. The van der Waals surface area contributed by atoms with E-state index in [1.165, 1.54) is 30.3 Å². The summed E-state index contributed by atoms with van der Waals surface area (Å²) in [5.41, 5.74) is 0.390. The second-order valence-electron chi connectivity index (χ2n) is 5.59. The Kier molecular flexibility index (Phi) is 5.38. The number of nitrogens with one attached hydrogen (secondary N) is 1. The molecule has 1 fully saturated rings. The molecule has 1 amide bonds. The van der Waals surface area contributed by atoms with Crippen molar-refractivity contribution in [3.05, 3.63) is 24.0 Å². The Morgan fingerprint density at radius 2 is 2.14 bits per heavy atom. The lowest BCUT2D eigenvalue weighted by Crippen LogP contribution is -2.38. The third-order valence-electron chi connectivity index (χ3n) is 4.07. The van der Waals surface area contributed by atoms with E-state index in [9.17, 15) is 9.59 Å². The topological polar surface area (TPSA) is 74.6 Å². The molecule has 1 aromatic heterocycles. The molecule has 0 saturated heterocycles. The smallest absolute Gasteiger partial charge is 0.323 e. The maximum atomic E-state index is 12.1. The average Bonchev–Trinajstić information content (AvgIpc) is 3.08. The Hall–Kier alpha value is -1.82. The number of rotatable bonds is 7. The van der Waals surface area contributed by atoms with Gasteiger partial charge >= 0.3 is 5.97 Å². The maximum absolute atomic E-state index is 12.1. The van der Waals surface area contributed by atoms with Gasteiger partial charge in [0.05, 0.1) is 0 Å². The van der Waals surface area contributed by atoms with Crippen molar-refractivity contribution >= 4 is 11.9 Å². The fraction of sp³-hybridized carbons (Fsp3) is 0.600. The molecular weight excluding hydrogens is 270 g/mol. The van der Waals surface area contributed by atoms with E-state index in [1.807, 2.05) is 0 Å². The Balaban J connectivity index is 1.79. The Labute approximate surface area is 124 Å². The number of hydrogen-bond acceptors (Lipinski definition) is 3. The number of carboxylic acids is 1. The van der Waals surface area contributed by atoms with Crippen LogP contribution in [0.4, 0.5) is 0 Å². The minimum Gasteiger partial charge on any atom is -0.480 e. The normalized spacial score (nSPS) is 15.5.